The molecule has 0 spiro atoms. The molecule has 0 aromatic heterocycles. The zero-order valence-corrected chi connectivity index (χ0v) is 24.0. The smallest absolute Gasteiger partial charge is 0.419 e. The molecule has 0 aliphatic heterocycles. The van der Waals surface area contributed by atoms with Crippen LogP contribution in [0.3, 0.4) is 0 Å². The van der Waals surface area contributed by atoms with Crippen molar-refractivity contribution in [1.29, 1.82) is 0 Å². The van der Waals surface area contributed by atoms with Crippen LogP contribution in [0.1, 0.15) is 63.5 Å². The fraction of sp³-hybridized carbons (Fsp3) is 0.484. The van der Waals surface area contributed by atoms with E-state index in [2.05, 4.69) is 16.1 Å². The third kappa shape index (κ3) is 11.3. The topological polar surface area (TPSA) is 148 Å². The van der Waals surface area contributed by atoms with Gasteiger partial charge in [-0.25, -0.2) is 9.59 Å². The quantitative estimate of drug-likeness (QED) is 0.0671. The molecular weight excluding hydrogens is 524 g/mol. The summed E-state index contributed by atoms with van der Waals surface area (Å²) < 4.78 is 0. The molecule has 5 N–H and O–H groups in total. The lowest BCUT2D eigenvalue weighted by Crippen LogP contribution is -2.72. The molecule has 2 rings (SSSR count). The number of nitrogens with one attached hydrogen (secondary N) is 3. The van der Waals surface area contributed by atoms with E-state index < -0.39 is 29.8 Å². The Hall–Kier alpha value is -3.76. The van der Waals surface area contributed by atoms with E-state index in [1.165, 1.54) is 5.01 Å². The van der Waals surface area contributed by atoms with Crippen molar-refractivity contribution in [3.05, 3.63) is 71.8 Å². The maximum Gasteiger partial charge on any atom is 0.419 e. The van der Waals surface area contributed by atoms with Crippen molar-refractivity contribution in [2.45, 2.75) is 83.0 Å². The molecule has 2 aromatic rings. The molecule has 2 amide bonds. The third-order valence-corrected chi connectivity index (χ3v) is 7.29. The highest BCUT2D eigenvalue weighted by Gasteiger charge is 2.48. The van der Waals surface area contributed by atoms with Gasteiger partial charge in [0.1, 0.15) is 18.2 Å². The van der Waals surface area contributed by atoms with Crippen LogP contribution in [0.15, 0.2) is 60.7 Å². The Labute approximate surface area is 242 Å². The van der Waals surface area contributed by atoms with Crippen molar-refractivity contribution in [3.63, 3.8) is 0 Å². The van der Waals surface area contributed by atoms with Crippen LogP contribution in [0.5, 0.6) is 0 Å². The number of nitrogens with zero attached hydrogens (tertiary/aromatic N) is 1. The summed E-state index contributed by atoms with van der Waals surface area (Å²) in [5, 5.41) is 27.0. The molecule has 0 saturated heterocycles. The van der Waals surface area contributed by atoms with Gasteiger partial charge in [0.15, 0.2) is 0 Å². The van der Waals surface area contributed by atoms with Gasteiger partial charge < -0.3 is 30.4 Å². The SMILES string of the molecule is CC(C=O)NCCCCCCC[C@@H](Cc1ccccc1)C(Cc1ccccc1)(NC(=O)O)N(NC(=O)O)[C@@H](C)C=O. The largest absolute Gasteiger partial charge is 0.465 e. The minimum absolute atomic E-state index is 0.136. The van der Waals surface area contributed by atoms with Crippen molar-refractivity contribution < 1.29 is 29.4 Å². The van der Waals surface area contributed by atoms with E-state index in [1.807, 2.05) is 67.6 Å². The lowest BCUT2D eigenvalue weighted by molar-refractivity contribution is -0.121. The van der Waals surface area contributed by atoms with Crippen LogP contribution in [0.4, 0.5) is 9.59 Å². The number of hydrogen-bond acceptors (Lipinski definition) is 6. The molecule has 0 heterocycles. The van der Waals surface area contributed by atoms with Gasteiger partial charge in [-0.05, 0) is 50.8 Å². The van der Waals surface area contributed by atoms with Crippen molar-refractivity contribution in [2.24, 2.45) is 5.92 Å². The number of hydrazine groups is 1. The number of amides is 2. The summed E-state index contributed by atoms with van der Waals surface area (Å²) in [6.07, 6.45) is 4.55. The van der Waals surface area contributed by atoms with Crippen LogP contribution in [0.2, 0.25) is 0 Å². The van der Waals surface area contributed by atoms with E-state index in [9.17, 15) is 29.4 Å². The second kappa shape index (κ2) is 17.8. The average molecular weight is 569 g/mol. The number of rotatable bonds is 20. The summed E-state index contributed by atoms with van der Waals surface area (Å²) in [5.41, 5.74) is 2.66. The van der Waals surface area contributed by atoms with Crippen molar-refractivity contribution in [1.82, 2.24) is 21.1 Å². The summed E-state index contributed by atoms with van der Waals surface area (Å²) >= 11 is 0. The molecule has 2 aromatic carbocycles. The van der Waals surface area contributed by atoms with Crippen LogP contribution >= 0.6 is 0 Å². The molecule has 0 aliphatic rings. The van der Waals surface area contributed by atoms with Crippen molar-refractivity contribution in [3.8, 4) is 0 Å². The highest BCUT2D eigenvalue weighted by atomic mass is 16.4. The van der Waals surface area contributed by atoms with Gasteiger partial charge in [-0.15, -0.1) is 0 Å². The van der Waals surface area contributed by atoms with Crippen LogP contribution in [-0.2, 0) is 22.4 Å². The Morgan fingerprint density at radius 2 is 1.41 bits per heavy atom. The van der Waals surface area contributed by atoms with Gasteiger partial charge >= 0.3 is 12.2 Å². The maximum atomic E-state index is 12.4. The van der Waals surface area contributed by atoms with Crippen molar-refractivity contribution in [2.75, 3.05) is 6.54 Å². The monoisotopic (exact) mass is 568 g/mol. The summed E-state index contributed by atoms with van der Waals surface area (Å²) in [7, 11) is 0. The number of carboxylic acid groups (broad SMARTS) is 2. The fourth-order valence-corrected chi connectivity index (χ4v) is 5.29. The lowest BCUT2D eigenvalue weighted by Gasteiger charge is -2.49. The van der Waals surface area contributed by atoms with Crippen LogP contribution in [-0.4, -0.2) is 64.3 Å². The van der Waals surface area contributed by atoms with E-state index in [1.54, 1.807) is 6.92 Å². The van der Waals surface area contributed by atoms with Crippen LogP contribution in [0, 0.1) is 5.92 Å². The second-order valence-corrected chi connectivity index (χ2v) is 10.5. The van der Waals surface area contributed by atoms with Crippen molar-refractivity contribution >= 4 is 24.8 Å². The lowest BCUT2D eigenvalue weighted by atomic mass is 9.78. The number of carbonyl (C=O) groups is 4. The predicted molar refractivity (Wildman–Crippen MR) is 157 cm³/mol. The summed E-state index contributed by atoms with van der Waals surface area (Å²) in [6, 6.07) is 17.8. The maximum absolute atomic E-state index is 12.4. The van der Waals surface area contributed by atoms with Gasteiger partial charge in [-0.3, -0.25) is 5.43 Å². The first-order valence-corrected chi connectivity index (χ1v) is 14.2. The molecule has 10 nitrogen and oxygen atoms in total. The minimum atomic E-state index is -1.48. The normalized spacial score (nSPS) is 14.8. The Bertz CT molecular complexity index is 1070. The standard InChI is InChI=1S/C31H44N4O6/c1-24(22-36)32-19-13-5-3-4-12-18-28(20-26-14-8-6-9-15-26)31(33-29(38)39,21-27-16-10-7-11-17-27)35(25(2)23-37)34-30(40)41/h6-11,14-17,22-25,28,32-34H,3-5,12-13,18-21H2,1-2H3,(H,38,39)(H,40,41)/t24?,25-,28-,31?/m0/s1. The van der Waals surface area contributed by atoms with Gasteiger partial charge in [0.05, 0.1) is 12.1 Å². The summed E-state index contributed by atoms with van der Waals surface area (Å²) in [4.78, 5) is 47.2. The minimum Gasteiger partial charge on any atom is -0.465 e. The van der Waals surface area contributed by atoms with Gasteiger partial charge in [-0.2, -0.15) is 5.01 Å². The van der Waals surface area contributed by atoms with Gasteiger partial charge in [0.2, 0.25) is 0 Å². The van der Waals surface area contributed by atoms with Gasteiger partial charge in [-0.1, -0.05) is 86.3 Å². The van der Waals surface area contributed by atoms with E-state index >= 15 is 0 Å². The Kier molecular flexibility index (Phi) is 14.5. The zero-order chi connectivity index (χ0) is 30.1. The average Bonchev–Trinajstić information content (AvgIpc) is 2.96. The van der Waals surface area contributed by atoms with Crippen LogP contribution in [0.25, 0.3) is 0 Å². The molecule has 2 unspecified atom stereocenters. The molecule has 41 heavy (non-hydrogen) atoms. The molecule has 0 aliphatic carbocycles. The van der Waals surface area contributed by atoms with Crippen LogP contribution < -0.4 is 16.1 Å². The highest BCUT2D eigenvalue weighted by Crippen LogP contribution is 2.34. The molecule has 0 saturated carbocycles. The number of carbonyl (C=O) groups excluding carboxylic acids is 2. The molecular formula is C31H44N4O6. The van der Waals surface area contributed by atoms with E-state index in [4.69, 9.17) is 0 Å². The summed E-state index contributed by atoms with van der Waals surface area (Å²) in [6.45, 7) is 4.13. The first kappa shape index (κ1) is 33.4. The van der Waals surface area contributed by atoms with Gasteiger partial charge in [0, 0.05) is 12.3 Å². The Balaban J connectivity index is 2.43. The molecule has 4 atom stereocenters. The fourth-order valence-electron chi connectivity index (χ4n) is 5.29. The zero-order valence-electron chi connectivity index (χ0n) is 24.0. The number of hydrogen-bond donors (Lipinski definition) is 5. The predicted octanol–water partition coefficient (Wildman–Crippen LogP) is 4.64. The number of unbranched alkanes of at least 4 members (excludes halogenated alkanes) is 4. The van der Waals surface area contributed by atoms with Gasteiger partial charge in [0.25, 0.3) is 0 Å². The molecule has 0 fully saturated rings. The molecule has 224 valence electrons. The number of benzene rings is 2. The Morgan fingerprint density at radius 1 is 0.829 bits per heavy atom. The van der Waals surface area contributed by atoms with E-state index in [0.717, 1.165) is 56.1 Å². The van der Waals surface area contributed by atoms with E-state index in [-0.39, 0.29) is 12.5 Å². The second-order valence-electron chi connectivity index (χ2n) is 10.5. The summed E-state index contributed by atoms with van der Waals surface area (Å²) in [5.74, 6) is -0.398. The number of aldehydes is 2. The first-order chi connectivity index (χ1) is 19.7. The first-order valence-electron chi connectivity index (χ1n) is 14.2. The molecule has 0 bridgehead atoms. The Morgan fingerprint density at radius 3 is 1.98 bits per heavy atom. The highest BCUT2D eigenvalue weighted by molar-refractivity contribution is 5.68. The molecule has 10 heteroatoms. The molecule has 0 radical (unpaired) electrons. The third-order valence-electron chi connectivity index (χ3n) is 7.29. The van der Waals surface area contributed by atoms with E-state index in [0.29, 0.717) is 19.1 Å².